The van der Waals surface area contributed by atoms with Gasteiger partial charge in [-0.3, -0.25) is 9.59 Å². The number of fused-ring (bicyclic) bond motifs is 2. The van der Waals surface area contributed by atoms with Crippen LogP contribution in [0.25, 0.3) is 16.6 Å². The molecule has 0 saturated carbocycles. The Morgan fingerprint density at radius 3 is 2.29 bits per heavy atom. The fourth-order valence-electron chi connectivity index (χ4n) is 4.93. The van der Waals surface area contributed by atoms with Gasteiger partial charge in [-0.05, 0) is 29.8 Å². The number of nitrogens with one attached hydrogen (secondary N) is 1. The molecule has 2 aromatic heterocycles. The molecule has 0 radical (unpaired) electrons. The Morgan fingerprint density at radius 2 is 1.51 bits per heavy atom. The first-order valence-corrected chi connectivity index (χ1v) is 11.5. The van der Waals surface area contributed by atoms with Crippen LogP contribution in [-0.2, 0) is 0 Å². The summed E-state index contributed by atoms with van der Waals surface area (Å²) < 4.78 is 8.27. The van der Waals surface area contributed by atoms with E-state index in [-0.39, 0.29) is 5.78 Å². The van der Waals surface area contributed by atoms with Gasteiger partial charge in [-0.15, -0.1) is 0 Å². The van der Waals surface area contributed by atoms with Crippen LogP contribution in [0.5, 0.6) is 5.75 Å². The van der Waals surface area contributed by atoms with Gasteiger partial charge in [0.15, 0.2) is 12.4 Å². The number of ketones is 1. The zero-order valence-electron chi connectivity index (χ0n) is 18.8. The van der Waals surface area contributed by atoms with E-state index in [1.165, 1.54) is 0 Å². The number of rotatable bonds is 5. The summed E-state index contributed by atoms with van der Waals surface area (Å²) >= 11 is 0. The number of aldehydes is 1. The number of anilines is 1. The number of pyridine rings is 1. The predicted octanol–water partition coefficient (Wildman–Crippen LogP) is 6.22. The summed E-state index contributed by atoms with van der Waals surface area (Å²) in [6.45, 7) is 0. The van der Waals surface area contributed by atoms with Gasteiger partial charge in [0.1, 0.15) is 5.75 Å². The third-order valence-electron chi connectivity index (χ3n) is 6.48. The number of ether oxygens (including phenoxy) is 1. The first kappa shape index (κ1) is 20.9. The molecular formula is C30H22N2O3. The van der Waals surface area contributed by atoms with Crippen molar-refractivity contribution in [1.82, 2.24) is 4.40 Å². The second kappa shape index (κ2) is 8.61. The van der Waals surface area contributed by atoms with Crippen molar-refractivity contribution in [2.24, 2.45) is 0 Å². The largest absolute Gasteiger partial charge is 0.478 e. The Morgan fingerprint density at radius 1 is 0.829 bits per heavy atom. The maximum atomic E-state index is 13.8. The van der Waals surface area contributed by atoms with E-state index in [2.05, 4.69) is 5.32 Å². The molecule has 0 unspecified atom stereocenters. The Bertz CT molecular complexity index is 1540. The number of hydrogen-bond acceptors (Lipinski definition) is 4. The van der Waals surface area contributed by atoms with Crippen molar-refractivity contribution in [3.8, 4) is 16.9 Å². The zero-order chi connectivity index (χ0) is 23.8. The van der Waals surface area contributed by atoms with Crippen molar-refractivity contribution in [3.63, 3.8) is 0 Å². The maximum absolute atomic E-state index is 13.8. The standard InChI is InChI=1S/C30H22N2O3/c33-19-24-26(20-11-3-1-4-12-20)27(23-16-9-10-18-32(23)24)28-30(29(34)21-13-5-2-6-14-21)35-25-17-8-7-15-22(25)31-28/h1-19,28,30-31H/t28-,30+/m0/s1. The number of carbonyl (C=O) groups excluding carboxylic acids is 2. The molecule has 1 N–H and O–H groups in total. The van der Waals surface area contributed by atoms with E-state index in [1.54, 1.807) is 12.1 Å². The van der Waals surface area contributed by atoms with Crippen molar-refractivity contribution in [2.75, 3.05) is 5.32 Å². The Labute approximate surface area is 202 Å². The van der Waals surface area contributed by atoms with Crippen LogP contribution in [0.3, 0.4) is 0 Å². The Hall–Kier alpha value is -4.64. The minimum atomic E-state index is -0.833. The van der Waals surface area contributed by atoms with Gasteiger partial charge in [0.05, 0.1) is 22.9 Å². The molecule has 5 nitrogen and oxygen atoms in total. The third kappa shape index (κ3) is 3.49. The molecular weight excluding hydrogens is 436 g/mol. The van der Waals surface area contributed by atoms with E-state index in [9.17, 15) is 9.59 Å². The highest BCUT2D eigenvalue weighted by atomic mass is 16.5. The molecule has 0 amide bonds. The van der Waals surface area contributed by atoms with Gasteiger partial charge in [-0.2, -0.15) is 0 Å². The summed E-state index contributed by atoms with van der Waals surface area (Å²) in [5.74, 6) is 0.498. The molecule has 35 heavy (non-hydrogen) atoms. The highest BCUT2D eigenvalue weighted by Crippen LogP contribution is 2.44. The second-order valence-electron chi connectivity index (χ2n) is 8.50. The van der Waals surface area contributed by atoms with Crippen LogP contribution in [0.15, 0.2) is 109 Å². The number of carbonyl (C=O) groups is 2. The number of para-hydroxylation sites is 2. The van der Waals surface area contributed by atoms with Crippen molar-refractivity contribution in [2.45, 2.75) is 12.1 Å². The lowest BCUT2D eigenvalue weighted by Crippen LogP contribution is -2.41. The number of hydrogen-bond donors (Lipinski definition) is 1. The average molecular weight is 459 g/mol. The molecule has 3 aromatic carbocycles. The maximum Gasteiger partial charge on any atom is 0.205 e. The highest BCUT2D eigenvalue weighted by molar-refractivity contribution is 6.02. The van der Waals surface area contributed by atoms with E-state index < -0.39 is 12.1 Å². The van der Waals surface area contributed by atoms with Crippen LogP contribution in [0, 0.1) is 0 Å². The molecule has 1 aliphatic rings. The van der Waals surface area contributed by atoms with E-state index >= 15 is 0 Å². The third-order valence-corrected chi connectivity index (χ3v) is 6.48. The molecule has 0 saturated heterocycles. The topological polar surface area (TPSA) is 59.8 Å². The van der Waals surface area contributed by atoms with E-state index in [0.29, 0.717) is 17.0 Å². The smallest absolute Gasteiger partial charge is 0.205 e. The summed E-state index contributed by atoms with van der Waals surface area (Å²) in [7, 11) is 0. The molecule has 0 fully saturated rings. The fourth-order valence-corrected chi connectivity index (χ4v) is 4.93. The lowest BCUT2D eigenvalue weighted by molar-refractivity contribution is 0.0746. The summed E-state index contributed by atoms with van der Waals surface area (Å²) in [5, 5.41) is 3.58. The molecule has 0 spiro atoms. The fraction of sp³-hybridized carbons (Fsp3) is 0.0667. The van der Waals surface area contributed by atoms with Crippen molar-refractivity contribution in [3.05, 3.63) is 126 Å². The number of Topliss-reactive ketones (excluding diaryl/α,β-unsaturated/α-hetero) is 1. The molecule has 0 aliphatic carbocycles. The van der Waals surface area contributed by atoms with Gasteiger partial charge in [-0.25, -0.2) is 0 Å². The van der Waals surface area contributed by atoms with Crippen molar-refractivity contribution in [1.29, 1.82) is 0 Å². The minimum Gasteiger partial charge on any atom is -0.478 e. The first-order valence-electron chi connectivity index (χ1n) is 11.5. The summed E-state index contributed by atoms with van der Waals surface area (Å²) in [5.41, 5.74) is 5.30. The van der Waals surface area contributed by atoms with Crippen LogP contribution in [0.4, 0.5) is 5.69 Å². The highest BCUT2D eigenvalue weighted by Gasteiger charge is 2.40. The summed E-state index contributed by atoms with van der Waals surface area (Å²) in [4.78, 5) is 26.2. The predicted molar refractivity (Wildman–Crippen MR) is 136 cm³/mol. The number of benzene rings is 3. The van der Waals surface area contributed by atoms with Gasteiger partial charge in [0.25, 0.3) is 0 Å². The van der Waals surface area contributed by atoms with Crippen LogP contribution in [0.1, 0.15) is 32.5 Å². The Kier molecular flexibility index (Phi) is 5.15. The molecule has 170 valence electrons. The van der Waals surface area contributed by atoms with Gasteiger partial charge in [0, 0.05) is 22.9 Å². The SMILES string of the molecule is O=Cc1c(-c2ccccc2)c([C@@H]2Nc3ccccc3O[C@H]2C(=O)c2ccccc2)c2ccccn12. The summed E-state index contributed by atoms with van der Waals surface area (Å²) in [6.07, 6.45) is 1.92. The molecule has 3 heterocycles. The monoisotopic (exact) mass is 458 g/mol. The second-order valence-corrected chi connectivity index (χ2v) is 8.50. The van der Waals surface area contributed by atoms with Gasteiger partial charge in [0.2, 0.25) is 5.78 Å². The van der Waals surface area contributed by atoms with Crippen LogP contribution in [-0.4, -0.2) is 22.6 Å². The molecule has 6 rings (SSSR count). The van der Waals surface area contributed by atoms with Crippen LogP contribution < -0.4 is 10.1 Å². The van der Waals surface area contributed by atoms with E-state index in [4.69, 9.17) is 4.74 Å². The molecule has 0 bridgehead atoms. The van der Waals surface area contributed by atoms with Crippen molar-refractivity contribution < 1.29 is 14.3 Å². The lowest BCUT2D eigenvalue weighted by atomic mass is 9.88. The van der Waals surface area contributed by atoms with E-state index in [1.807, 2.05) is 102 Å². The van der Waals surface area contributed by atoms with Gasteiger partial charge in [-0.1, -0.05) is 78.9 Å². The first-order chi connectivity index (χ1) is 17.3. The average Bonchev–Trinajstić information content (AvgIpc) is 3.27. The quantitative estimate of drug-likeness (QED) is 0.251. The van der Waals surface area contributed by atoms with Crippen LogP contribution in [0.2, 0.25) is 0 Å². The molecule has 5 heteroatoms. The van der Waals surface area contributed by atoms with Crippen LogP contribution >= 0.6 is 0 Å². The summed E-state index contributed by atoms with van der Waals surface area (Å²) in [6, 6.07) is 31.9. The van der Waals surface area contributed by atoms with E-state index in [0.717, 1.165) is 34.2 Å². The lowest BCUT2D eigenvalue weighted by Gasteiger charge is -2.35. The number of aromatic nitrogens is 1. The van der Waals surface area contributed by atoms with Gasteiger partial charge >= 0.3 is 0 Å². The Balaban J connectivity index is 1.62. The minimum absolute atomic E-state index is 0.125. The van der Waals surface area contributed by atoms with Gasteiger partial charge < -0.3 is 14.5 Å². The van der Waals surface area contributed by atoms with Crippen molar-refractivity contribution >= 4 is 23.3 Å². The number of nitrogens with zero attached hydrogens (tertiary/aromatic N) is 1. The molecule has 1 aliphatic heterocycles. The molecule has 5 aromatic rings. The zero-order valence-corrected chi connectivity index (χ0v) is 18.8. The normalized spacial score (nSPS) is 16.7. The molecule has 2 atom stereocenters.